The highest BCUT2D eigenvalue weighted by Gasteiger charge is 2.19. The lowest BCUT2D eigenvalue weighted by Crippen LogP contribution is -2.30. The van der Waals surface area contributed by atoms with E-state index in [0.29, 0.717) is 19.3 Å². The fourth-order valence-electron chi connectivity index (χ4n) is 8.45. The highest BCUT2D eigenvalue weighted by molar-refractivity contribution is 5.71. The van der Waals surface area contributed by atoms with Crippen molar-refractivity contribution in [2.45, 2.75) is 290 Å². The molecule has 0 aliphatic heterocycles. The van der Waals surface area contributed by atoms with E-state index in [1.54, 1.807) is 0 Å². The van der Waals surface area contributed by atoms with Gasteiger partial charge in [-0.2, -0.15) is 0 Å². The van der Waals surface area contributed by atoms with E-state index >= 15 is 0 Å². The maximum absolute atomic E-state index is 12.9. The Hall–Kier alpha value is -4.19. The lowest BCUT2D eigenvalue weighted by Gasteiger charge is -2.18. The van der Waals surface area contributed by atoms with Gasteiger partial charge in [0.1, 0.15) is 13.2 Å². The van der Waals surface area contributed by atoms with E-state index in [-0.39, 0.29) is 31.1 Å². The number of hydrogen-bond donors (Lipinski definition) is 0. The largest absolute Gasteiger partial charge is 0.462 e. The molecule has 0 N–H and O–H groups in total. The van der Waals surface area contributed by atoms with Crippen LogP contribution in [-0.2, 0) is 28.6 Å². The third-order valence-electron chi connectivity index (χ3n) is 13.2. The molecule has 0 rings (SSSR count). The van der Waals surface area contributed by atoms with Crippen LogP contribution in [0.3, 0.4) is 0 Å². The Morgan fingerprint density at radius 2 is 0.513 bits per heavy atom. The van der Waals surface area contributed by atoms with E-state index in [4.69, 9.17) is 14.2 Å². The minimum atomic E-state index is -0.805. The molecule has 1 atom stereocenters. The Kier molecular flexibility index (Phi) is 59.9. The normalized spacial score (nSPS) is 12.9. The molecule has 0 aromatic heterocycles. The van der Waals surface area contributed by atoms with Crippen molar-refractivity contribution in [3.8, 4) is 0 Å². The van der Waals surface area contributed by atoms with Gasteiger partial charge in [0.2, 0.25) is 0 Å². The third kappa shape index (κ3) is 60.7. The molecule has 0 spiro atoms. The molecular formula is C70H116O6. The lowest BCUT2D eigenvalue weighted by atomic mass is 10.1. The fourth-order valence-corrected chi connectivity index (χ4v) is 8.45. The zero-order chi connectivity index (χ0) is 55.0. The molecular weight excluding hydrogens is 937 g/mol. The van der Waals surface area contributed by atoms with Crippen molar-refractivity contribution in [1.82, 2.24) is 0 Å². The Balaban J connectivity index is 4.47. The van der Waals surface area contributed by atoms with E-state index in [1.165, 1.54) is 109 Å². The van der Waals surface area contributed by atoms with E-state index in [9.17, 15) is 14.4 Å². The van der Waals surface area contributed by atoms with Gasteiger partial charge in [-0.1, -0.05) is 251 Å². The van der Waals surface area contributed by atoms with Crippen LogP contribution in [0.4, 0.5) is 0 Å². The topological polar surface area (TPSA) is 78.9 Å². The van der Waals surface area contributed by atoms with Crippen LogP contribution in [0.1, 0.15) is 284 Å². The average molecular weight is 1050 g/mol. The second kappa shape index (κ2) is 63.3. The number of carbonyl (C=O) groups is 3. The van der Waals surface area contributed by atoms with Gasteiger partial charge in [-0.3, -0.25) is 14.4 Å². The molecule has 0 aliphatic carbocycles. The van der Waals surface area contributed by atoms with E-state index in [2.05, 4.69) is 142 Å². The summed E-state index contributed by atoms with van der Waals surface area (Å²) in [6.07, 6.45) is 87.6. The van der Waals surface area contributed by atoms with Gasteiger partial charge in [-0.25, -0.2) is 0 Å². The van der Waals surface area contributed by atoms with Gasteiger partial charge in [0, 0.05) is 19.3 Å². The first kappa shape index (κ1) is 71.8. The molecule has 0 saturated heterocycles. The maximum Gasteiger partial charge on any atom is 0.306 e. The van der Waals surface area contributed by atoms with Crippen LogP contribution in [0.15, 0.2) is 122 Å². The Morgan fingerprint density at radius 3 is 0.855 bits per heavy atom. The molecule has 0 saturated carbocycles. The molecule has 0 aromatic carbocycles. The molecule has 0 fully saturated rings. The first-order valence-corrected chi connectivity index (χ1v) is 31.5. The van der Waals surface area contributed by atoms with E-state index < -0.39 is 6.10 Å². The molecule has 432 valence electrons. The SMILES string of the molecule is CC/C=C\C/C=C\C/C=C\C/C=C\C/C=C\C/C=C\C/C=C\CCCCCC(=O)OCC(COC(=O)CCCCCCC/C=C\C/C=C\CCCCC)OC(=O)CCCCCCCCC/C=C\CCCCCCCCC. The van der Waals surface area contributed by atoms with Crippen molar-refractivity contribution in [2.75, 3.05) is 13.2 Å². The van der Waals surface area contributed by atoms with Crippen molar-refractivity contribution in [3.05, 3.63) is 122 Å². The predicted molar refractivity (Wildman–Crippen MR) is 330 cm³/mol. The zero-order valence-corrected chi connectivity index (χ0v) is 49.5. The summed E-state index contributed by atoms with van der Waals surface area (Å²) in [5, 5.41) is 0. The quantitative estimate of drug-likeness (QED) is 0.0261. The lowest BCUT2D eigenvalue weighted by molar-refractivity contribution is -0.167. The van der Waals surface area contributed by atoms with Gasteiger partial charge in [0.25, 0.3) is 0 Å². The van der Waals surface area contributed by atoms with Crippen LogP contribution in [-0.4, -0.2) is 37.2 Å². The molecule has 6 nitrogen and oxygen atoms in total. The van der Waals surface area contributed by atoms with Crippen LogP contribution in [0.2, 0.25) is 0 Å². The van der Waals surface area contributed by atoms with Gasteiger partial charge in [0.15, 0.2) is 6.10 Å². The summed E-state index contributed by atoms with van der Waals surface area (Å²) < 4.78 is 16.9. The van der Waals surface area contributed by atoms with Gasteiger partial charge in [-0.15, -0.1) is 0 Å². The van der Waals surface area contributed by atoms with Crippen molar-refractivity contribution in [3.63, 3.8) is 0 Å². The monoisotopic (exact) mass is 1050 g/mol. The number of esters is 3. The van der Waals surface area contributed by atoms with Crippen LogP contribution in [0.25, 0.3) is 0 Å². The smallest absolute Gasteiger partial charge is 0.306 e. The fraction of sp³-hybridized carbons (Fsp3) is 0.671. The Labute approximate surface area is 469 Å². The molecule has 0 bridgehead atoms. The molecule has 0 aliphatic rings. The number of unbranched alkanes of at least 4 members (excludes halogenated alkanes) is 25. The second-order valence-electron chi connectivity index (χ2n) is 20.6. The van der Waals surface area contributed by atoms with Gasteiger partial charge in [0.05, 0.1) is 0 Å². The number of carbonyl (C=O) groups excluding carboxylic acids is 3. The van der Waals surface area contributed by atoms with Crippen molar-refractivity contribution in [1.29, 1.82) is 0 Å². The number of allylic oxidation sites excluding steroid dienone is 20. The third-order valence-corrected chi connectivity index (χ3v) is 13.2. The van der Waals surface area contributed by atoms with Gasteiger partial charge < -0.3 is 14.2 Å². The van der Waals surface area contributed by atoms with Crippen LogP contribution < -0.4 is 0 Å². The molecule has 0 amide bonds. The van der Waals surface area contributed by atoms with Crippen molar-refractivity contribution >= 4 is 17.9 Å². The molecule has 0 radical (unpaired) electrons. The number of hydrogen-bond acceptors (Lipinski definition) is 6. The molecule has 0 aromatic rings. The molecule has 76 heavy (non-hydrogen) atoms. The van der Waals surface area contributed by atoms with Gasteiger partial charge in [-0.05, 0) is 135 Å². The molecule has 0 heterocycles. The summed E-state index contributed by atoms with van der Waals surface area (Å²) in [5.74, 6) is -0.947. The van der Waals surface area contributed by atoms with Crippen molar-refractivity contribution in [2.24, 2.45) is 0 Å². The summed E-state index contributed by atoms with van der Waals surface area (Å²) in [7, 11) is 0. The first-order valence-electron chi connectivity index (χ1n) is 31.5. The zero-order valence-electron chi connectivity index (χ0n) is 49.5. The van der Waals surface area contributed by atoms with Crippen molar-refractivity contribution < 1.29 is 28.6 Å². The number of ether oxygens (including phenoxy) is 3. The first-order chi connectivity index (χ1) is 37.5. The van der Waals surface area contributed by atoms with E-state index in [1.807, 2.05) is 0 Å². The average Bonchev–Trinajstić information content (AvgIpc) is 3.42. The highest BCUT2D eigenvalue weighted by Crippen LogP contribution is 2.14. The van der Waals surface area contributed by atoms with Crippen LogP contribution in [0.5, 0.6) is 0 Å². The summed E-state index contributed by atoms with van der Waals surface area (Å²) in [6.45, 7) is 6.47. The van der Waals surface area contributed by atoms with E-state index in [0.717, 1.165) is 135 Å². The minimum Gasteiger partial charge on any atom is -0.462 e. The highest BCUT2D eigenvalue weighted by atomic mass is 16.6. The standard InChI is InChI=1S/C70H116O6/c1-4-7-10-13-16-19-22-25-28-30-32-33-34-35-36-37-38-40-42-45-48-51-54-57-60-63-69(72)75-66-67(65-74-68(71)62-59-56-53-50-47-44-41-27-24-21-18-15-12-9-6-3)76-70(73)64-61-58-55-52-49-46-43-39-31-29-26-23-20-17-14-11-8-5-2/h7,10,16,18-19,21,25,27-29,31-33,35-36,38,40-41,45,48,67H,4-6,8-9,11-15,17,20,22-24,26,30,34,37,39,42-44,46-47,49-66H2,1-3H3/b10-7-,19-16-,21-18-,28-25-,31-29-,33-32-,36-35-,40-38-,41-27-,48-45-. The molecule has 1 unspecified atom stereocenters. The van der Waals surface area contributed by atoms with Crippen LogP contribution in [0, 0.1) is 0 Å². The maximum atomic E-state index is 12.9. The van der Waals surface area contributed by atoms with Crippen LogP contribution >= 0.6 is 0 Å². The second-order valence-corrected chi connectivity index (χ2v) is 20.6. The number of rotatable bonds is 56. The summed E-state index contributed by atoms with van der Waals surface area (Å²) in [5.41, 5.74) is 0. The Bertz CT molecular complexity index is 1590. The summed E-state index contributed by atoms with van der Waals surface area (Å²) >= 11 is 0. The Morgan fingerprint density at radius 1 is 0.276 bits per heavy atom. The minimum absolute atomic E-state index is 0.0999. The summed E-state index contributed by atoms with van der Waals surface area (Å²) in [6, 6.07) is 0. The predicted octanol–water partition coefficient (Wildman–Crippen LogP) is 21.6. The van der Waals surface area contributed by atoms with Gasteiger partial charge >= 0.3 is 17.9 Å². The molecule has 6 heteroatoms. The summed E-state index contributed by atoms with van der Waals surface area (Å²) in [4.78, 5) is 38.3.